The van der Waals surface area contributed by atoms with E-state index in [2.05, 4.69) is 12.2 Å². The molecule has 76 valence electrons. The summed E-state index contributed by atoms with van der Waals surface area (Å²) in [6.07, 6.45) is 1.06. The third-order valence-corrected chi connectivity index (χ3v) is 2.86. The molecular formula is C9H18N2O2. The Morgan fingerprint density at radius 2 is 2.38 bits per heavy atom. The number of hydrogen-bond acceptors (Lipinski definition) is 3. The maximum atomic E-state index is 10.9. The lowest BCUT2D eigenvalue weighted by Crippen LogP contribution is -2.55. The Labute approximate surface area is 78.8 Å². The van der Waals surface area contributed by atoms with Gasteiger partial charge in [-0.05, 0) is 27.2 Å². The molecule has 13 heavy (non-hydrogen) atoms. The minimum atomic E-state index is -0.319. The van der Waals surface area contributed by atoms with E-state index in [1.807, 2.05) is 6.92 Å². The molecule has 1 fully saturated rings. The van der Waals surface area contributed by atoms with Gasteiger partial charge in [-0.1, -0.05) is 0 Å². The van der Waals surface area contributed by atoms with Gasteiger partial charge in [-0.3, -0.25) is 10.1 Å². The largest absolute Gasteiger partial charge is 0.377 e. The van der Waals surface area contributed by atoms with Gasteiger partial charge in [-0.2, -0.15) is 0 Å². The van der Waals surface area contributed by atoms with Crippen molar-refractivity contribution in [2.75, 3.05) is 6.61 Å². The SMILES string of the molecule is CC(NC1(C)CCOC1C)C(N)=O. The fourth-order valence-corrected chi connectivity index (χ4v) is 1.59. The highest BCUT2D eigenvalue weighted by molar-refractivity contribution is 5.79. The van der Waals surface area contributed by atoms with Crippen LogP contribution < -0.4 is 11.1 Å². The molecule has 0 radical (unpaired) electrons. The van der Waals surface area contributed by atoms with E-state index >= 15 is 0 Å². The van der Waals surface area contributed by atoms with Gasteiger partial charge < -0.3 is 10.5 Å². The molecule has 1 saturated heterocycles. The lowest BCUT2D eigenvalue weighted by atomic mass is 9.93. The summed E-state index contributed by atoms with van der Waals surface area (Å²) >= 11 is 0. The minimum absolute atomic E-state index is 0.117. The molecule has 1 aliphatic heterocycles. The molecule has 0 saturated carbocycles. The lowest BCUT2D eigenvalue weighted by Gasteiger charge is -2.31. The second-order valence-electron chi connectivity index (χ2n) is 3.95. The number of carbonyl (C=O) groups excluding carboxylic acids is 1. The van der Waals surface area contributed by atoms with Gasteiger partial charge in [0.2, 0.25) is 5.91 Å². The van der Waals surface area contributed by atoms with Crippen molar-refractivity contribution in [2.45, 2.75) is 44.9 Å². The van der Waals surface area contributed by atoms with E-state index in [-0.39, 0.29) is 23.6 Å². The number of amides is 1. The van der Waals surface area contributed by atoms with E-state index in [1.165, 1.54) is 0 Å². The number of nitrogens with two attached hydrogens (primary N) is 1. The summed E-state index contributed by atoms with van der Waals surface area (Å²) in [5.74, 6) is -0.319. The van der Waals surface area contributed by atoms with Crippen LogP contribution in [0.25, 0.3) is 0 Å². The molecule has 1 rings (SSSR count). The fourth-order valence-electron chi connectivity index (χ4n) is 1.59. The van der Waals surface area contributed by atoms with Crippen LogP contribution in [0.15, 0.2) is 0 Å². The fraction of sp³-hybridized carbons (Fsp3) is 0.889. The normalized spacial score (nSPS) is 36.1. The molecule has 3 atom stereocenters. The number of hydrogen-bond donors (Lipinski definition) is 2. The highest BCUT2D eigenvalue weighted by Gasteiger charge is 2.38. The van der Waals surface area contributed by atoms with E-state index in [0.29, 0.717) is 0 Å². The molecular weight excluding hydrogens is 168 g/mol. The first-order valence-corrected chi connectivity index (χ1v) is 4.64. The summed E-state index contributed by atoms with van der Waals surface area (Å²) in [7, 11) is 0. The zero-order chi connectivity index (χ0) is 10.1. The second-order valence-corrected chi connectivity index (χ2v) is 3.95. The molecule has 3 N–H and O–H groups in total. The molecule has 0 aromatic rings. The standard InChI is InChI=1S/C9H18N2O2/c1-6(8(10)12)11-9(3)4-5-13-7(9)2/h6-7,11H,4-5H2,1-3H3,(H2,10,12). The van der Waals surface area contributed by atoms with Crippen LogP contribution in [-0.4, -0.2) is 30.2 Å². The molecule has 4 nitrogen and oxygen atoms in total. The molecule has 0 aliphatic carbocycles. The molecule has 0 aromatic heterocycles. The van der Waals surface area contributed by atoms with Crippen molar-refractivity contribution in [1.29, 1.82) is 0 Å². The van der Waals surface area contributed by atoms with Crippen LogP contribution in [0, 0.1) is 0 Å². The van der Waals surface area contributed by atoms with Crippen molar-refractivity contribution in [3.05, 3.63) is 0 Å². The first-order chi connectivity index (χ1) is 5.96. The van der Waals surface area contributed by atoms with Crippen LogP contribution >= 0.6 is 0 Å². The van der Waals surface area contributed by atoms with Crippen LogP contribution in [0.2, 0.25) is 0 Å². The van der Waals surface area contributed by atoms with Crippen molar-refractivity contribution in [2.24, 2.45) is 5.73 Å². The van der Waals surface area contributed by atoms with Gasteiger partial charge in [-0.25, -0.2) is 0 Å². The molecule has 0 aromatic carbocycles. The third kappa shape index (κ3) is 2.19. The van der Waals surface area contributed by atoms with E-state index < -0.39 is 0 Å². The monoisotopic (exact) mass is 186 g/mol. The first kappa shape index (κ1) is 10.5. The zero-order valence-corrected chi connectivity index (χ0v) is 8.46. The van der Waals surface area contributed by atoms with E-state index in [0.717, 1.165) is 13.0 Å². The molecule has 4 heteroatoms. The van der Waals surface area contributed by atoms with Gasteiger partial charge in [0, 0.05) is 12.1 Å². The van der Waals surface area contributed by atoms with Gasteiger partial charge in [0.25, 0.3) is 0 Å². The summed E-state index contributed by atoms with van der Waals surface area (Å²) < 4.78 is 5.43. The summed E-state index contributed by atoms with van der Waals surface area (Å²) in [5, 5.41) is 3.20. The molecule has 1 aliphatic rings. The minimum Gasteiger partial charge on any atom is -0.377 e. The number of rotatable bonds is 3. The topological polar surface area (TPSA) is 64.3 Å². The van der Waals surface area contributed by atoms with Crippen LogP contribution in [-0.2, 0) is 9.53 Å². The van der Waals surface area contributed by atoms with Crippen molar-refractivity contribution >= 4 is 5.91 Å². The quantitative estimate of drug-likeness (QED) is 0.653. The Balaban J connectivity index is 2.56. The molecule has 1 amide bonds. The Morgan fingerprint density at radius 1 is 1.77 bits per heavy atom. The maximum absolute atomic E-state index is 10.9. The Morgan fingerprint density at radius 3 is 2.77 bits per heavy atom. The first-order valence-electron chi connectivity index (χ1n) is 4.64. The van der Waals surface area contributed by atoms with Crippen LogP contribution in [0.3, 0.4) is 0 Å². The van der Waals surface area contributed by atoms with Gasteiger partial charge in [0.15, 0.2) is 0 Å². The van der Waals surface area contributed by atoms with E-state index in [9.17, 15) is 4.79 Å². The van der Waals surface area contributed by atoms with Gasteiger partial charge >= 0.3 is 0 Å². The molecule has 0 spiro atoms. The highest BCUT2D eigenvalue weighted by atomic mass is 16.5. The maximum Gasteiger partial charge on any atom is 0.234 e. The van der Waals surface area contributed by atoms with Crippen molar-refractivity contribution < 1.29 is 9.53 Å². The van der Waals surface area contributed by atoms with E-state index in [4.69, 9.17) is 10.5 Å². The summed E-state index contributed by atoms with van der Waals surface area (Å²) in [6.45, 7) is 6.59. The summed E-state index contributed by atoms with van der Waals surface area (Å²) in [5.41, 5.74) is 5.06. The number of nitrogens with one attached hydrogen (secondary N) is 1. The van der Waals surface area contributed by atoms with Gasteiger partial charge in [0.05, 0.1) is 12.1 Å². The Kier molecular flexibility index (Phi) is 2.93. The van der Waals surface area contributed by atoms with Gasteiger partial charge in [-0.15, -0.1) is 0 Å². The Hall–Kier alpha value is -0.610. The summed E-state index contributed by atoms with van der Waals surface area (Å²) in [6, 6.07) is -0.297. The lowest BCUT2D eigenvalue weighted by molar-refractivity contribution is -0.120. The van der Waals surface area contributed by atoms with Crippen LogP contribution in [0.5, 0.6) is 0 Å². The predicted octanol–water partition coefficient (Wildman–Crippen LogP) is 0.0173. The number of carbonyl (C=O) groups is 1. The molecule has 0 bridgehead atoms. The van der Waals surface area contributed by atoms with Crippen molar-refractivity contribution in [3.8, 4) is 0 Å². The number of primary amides is 1. The van der Waals surface area contributed by atoms with Crippen molar-refractivity contribution in [3.63, 3.8) is 0 Å². The molecule has 1 heterocycles. The Bertz CT molecular complexity index is 208. The average Bonchev–Trinajstić information content (AvgIpc) is 2.32. The van der Waals surface area contributed by atoms with E-state index in [1.54, 1.807) is 6.92 Å². The average molecular weight is 186 g/mol. The smallest absolute Gasteiger partial charge is 0.234 e. The van der Waals surface area contributed by atoms with Crippen LogP contribution in [0.4, 0.5) is 0 Å². The zero-order valence-electron chi connectivity index (χ0n) is 8.46. The predicted molar refractivity (Wildman–Crippen MR) is 50.2 cm³/mol. The highest BCUT2D eigenvalue weighted by Crippen LogP contribution is 2.25. The van der Waals surface area contributed by atoms with Crippen molar-refractivity contribution in [1.82, 2.24) is 5.32 Å². The second kappa shape index (κ2) is 3.64. The number of ether oxygens (including phenoxy) is 1. The third-order valence-electron chi connectivity index (χ3n) is 2.86. The van der Waals surface area contributed by atoms with Gasteiger partial charge in [0.1, 0.15) is 0 Å². The van der Waals surface area contributed by atoms with Crippen LogP contribution in [0.1, 0.15) is 27.2 Å². The summed E-state index contributed by atoms with van der Waals surface area (Å²) in [4.78, 5) is 10.9. The molecule has 3 unspecified atom stereocenters.